The molecule has 0 atom stereocenters. The fraction of sp³-hybridized carbons (Fsp3) is 0.312. The van der Waals surface area contributed by atoms with Crippen LogP contribution in [0, 0.1) is 5.82 Å². The van der Waals surface area contributed by atoms with Crippen LogP contribution in [0.25, 0.3) is 22.2 Å². The van der Waals surface area contributed by atoms with E-state index >= 15 is 0 Å². The summed E-state index contributed by atoms with van der Waals surface area (Å²) in [5, 5.41) is 7.13. The van der Waals surface area contributed by atoms with Crippen LogP contribution in [-0.4, -0.2) is 36.8 Å². The molecule has 3 heterocycles. The Morgan fingerprint density at radius 3 is 2.68 bits per heavy atom. The molecule has 0 radical (unpaired) electrons. The third-order valence-electron chi connectivity index (χ3n) is 7.64. The fourth-order valence-corrected chi connectivity index (χ4v) is 5.66. The summed E-state index contributed by atoms with van der Waals surface area (Å²) in [6.07, 6.45) is 9.67. The van der Waals surface area contributed by atoms with E-state index in [1.54, 1.807) is 17.1 Å². The zero-order valence-corrected chi connectivity index (χ0v) is 23.1. The summed E-state index contributed by atoms with van der Waals surface area (Å²) < 4.78 is 24.3. The maximum Gasteiger partial charge on any atom is 0.272 e. The lowest BCUT2D eigenvalue weighted by Gasteiger charge is -2.15. The van der Waals surface area contributed by atoms with Crippen molar-refractivity contribution < 1.29 is 13.9 Å². The van der Waals surface area contributed by atoms with Gasteiger partial charge in [0, 0.05) is 44.0 Å². The van der Waals surface area contributed by atoms with E-state index in [0.29, 0.717) is 48.0 Å². The van der Waals surface area contributed by atoms with Crippen LogP contribution >= 0.6 is 0 Å². The lowest BCUT2D eigenvalue weighted by atomic mass is 10.1. The number of nitrogens with one attached hydrogen (secondary N) is 1. The van der Waals surface area contributed by atoms with E-state index in [-0.39, 0.29) is 18.3 Å². The summed E-state index contributed by atoms with van der Waals surface area (Å²) in [5.74, 6) is 0.650. The van der Waals surface area contributed by atoms with Crippen LogP contribution in [0.2, 0.25) is 0 Å². The smallest absolute Gasteiger partial charge is 0.272 e. The number of rotatable bonds is 10. The third kappa shape index (κ3) is 6.05. The summed E-state index contributed by atoms with van der Waals surface area (Å²) >= 11 is 0. The molecule has 0 aliphatic heterocycles. The minimum Gasteiger partial charge on any atom is -0.375 e. The van der Waals surface area contributed by atoms with E-state index in [1.165, 1.54) is 25.0 Å². The molecule has 0 saturated heterocycles. The highest BCUT2D eigenvalue weighted by molar-refractivity contribution is 6.03. The minimum absolute atomic E-state index is 0.158. The molecule has 0 bridgehead atoms. The number of aryl methyl sites for hydroxylation is 1. The van der Waals surface area contributed by atoms with Crippen molar-refractivity contribution in [2.75, 3.05) is 6.61 Å². The average Bonchev–Trinajstić information content (AvgIpc) is 3.74. The van der Waals surface area contributed by atoms with Gasteiger partial charge < -0.3 is 14.6 Å². The summed E-state index contributed by atoms with van der Waals surface area (Å²) in [6.45, 7) is 1.73. The largest absolute Gasteiger partial charge is 0.375 e. The molecule has 1 saturated carbocycles. The molecule has 8 nitrogen and oxygen atoms in total. The Bertz CT molecular complexity index is 1660. The van der Waals surface area contributed by atoms with Gasteiger partial charge in [-0.3, -0.25) is 9.48 Å². The van der Waals surface area contributed by atoms with Crippen LogP contribution in [0.15, 0.2) is 73.2 Å². The minimum atomic E-state index is -0.370. The highest BCUT2D eigenvalue weighted by atomic mass is 19.1. The van der Waals surface area contributed by atoms with Gasteiger partial charge in [0.1, 0.15) is 17.2 Å². The summed E-state index contributed by atoms with van der Waals surface area (Å²) in [7, 11) is 1.82. The topological polar surface area (TPSA) is 86.9 Å². The fourth-order valence-electron chi connectivity index (χ4n) is 5.66. The molecule has 210 valence electrons. The Morgan fingerprint density at radius 1 is 1.07 bits per heavy atom. The van der Waals surface area contributed by atoms with Crippen molar-refractivity contribution in [3.8, 4) is 11.1 Å². The molecule has 2 aromatic carbocycles. The lowest BCUT2D eigenvalue weighted by Crippen LogP contribution is -2.25. The number of benzene rings is 2. The zero-order chi connectivity index (χ0) is 28.2. The maximum atomic E-state index is 14.5. The lowest BCUT2D eigenvalue weighted by molar-refractivity contribution is 0.0946. The predicted molar refractivity (Wildman–Crippen MR) is 155 cm³/mol. The van der Waals surface area contributed by atoms with Crippen molar-refractivity contribution in [1.29, 1.82) is 0 Å². The van der Waals surface area contributed by atoms with Crippen LogP contribution in [-0.2, 0) is 31.5 Å². The Morgan fingerprint density at radius 2 is 1.90 bits per heavy atom. The number of amides is 1. The number of carbonyl (C=O) groups excluding carboxylic acids is 1. The van der Waals surface area contributed by atoms with Crippen LogP contribution in [0.1, 0.15) is 59.0 Å². The van der Waals surface area contributed by atoms with E-state index in [0.717, 1.165) is 35.3 Å². The Hall–Kier alpha value is -4.37. The average molecular weight is 553 g/mol. The van der Waals surface area contributed by atoms with Crippen molar-refractivity contribution in [3.63, 3.8) is 0 Å². The number of hydrogen-bond acceptors (Lipinski definition) is 5. The molecule has 1 fully saturated rings. The monoisotopic (exact) mass is 552 g/mol. The molecule has 41 heavy (non-hydrogen) atoms. The summed E-state index contributed by atoms with van der Waals surface area (Å²) in [4.78, 5) is 23.0. The van der Waals surface area contributed by atoms with Crippen molar-refractivity contribution in [1.82, 2.24) is 29.6 Å². The molecule has 0 unspecified atom stereocenters. The first-order valence-corrected chi connectivity index (χ1v) is 14.1. The standard InChI is InChI=1S/C32H33FN6O2/c1-38-20-26(19-36-38)25-15-23(16-27(33)17-25)18-35-32(40)29-30-28(11-12-34-29)37-31(24-9-5-6-10-24)39(30)13-14-41-21-22-7-3-2-4-8-22/h2-4,7-8,11-12,15-17,19-20,24H,5-6,9-10,13-14,18,21H2,1H3,(H,35,40). The first-order chi connectivity index (χ1) is 20.0. The number of ether oxygens (including phenoxy) is 1. The molecule has 5 aromatic rings. The Balaban J connectivity index is 1.24. The molecule has 1 aliphatic carbocycles. The number of pyridine rings is 1. The highest BCUT2D eigenvalue weighted by Crippen LogP contribution is 2.35. The second-order valence-electron chi connectivity index (χ2n) is 10.6. The van der Waals surface area contributed by atoms with Gasteiger partial charge >= 0.3 is 0 Å². The molecule has 9 heteroatoms. The van der Waals surface area contributed by atoms with Gasteiger partial charge in [-0.15, -0.1) is 0 Å². The van der Waals surface area contributed by atoms with E-state index < -0.39 is 0 Å². The number of hydrogen-bond donors (Lipinski definition) is 1. The SMILES string of the molecule is Cn1cc(-c2cc(F)cc(CNC(=O)c3nccc4nc(C5CCCC5)n(CCOCc5ccccc5)c34)c2)cn1. The van der Waals surface area contributed by atoms with E-state index in [4.69, 9.17) is 9.72 Å². The number of carbonyl (C=O) groups is 1. The van der Waals surface area contributed by atoms with Gasteiger partial charge in [0.15, 0.2) is 5.69 Å². The van der Waals surface area contributed by atoms with Crippen LogP contribution in [0.5, 0.6) is 0 Å². The van der Waals surface area contributed by atoms with Crippen molar-refractivity contribution in [2.24, 2.45) is 7.05 Å². The zero-order valence-electron chi connectivity index (χ0n) is 23.1. The highest BCUT2D eigenvalue weighted by Gasteiger charge is 2.26. The second kappa shape index (κ2) is 12.0. The number of imidazole rings is 1. The van der Waals surface area contributed by atoms with Crippen molar-refractivity contribution >= 4 is 16.9 Å². The molecular formula is C32H33FN6O2. The van der Waals surface area contributed by atoms with Gasteiger partial charge in [0.2, 0.25) is 0 Å². The number of fused-ring (bicyclic) bond motifs is 1. The summed E-state index contributed by atoms with van der Waals surface area (Å²) in [5.41, 5.74) is 5.06. The quantitative estimate of drug-likeness (QED) is 0.222. The first kappa shape index (κ1) is 26.8. The summed E-state index contributed by atoms with van der Waals surface area (Å²) in [6, 6.07) is 16.7. The predicted octanol–water partition coefficient (Wildman–Crippen LogP) is 5.78. The molecule has 0 spiro atoms. The van der Waals surface area contributed by atoms with Gasteiger partial charge in [-0.1, -0.05) is 43.2 Å². The molecule has 1 aliphatic rings. The number of halogens is 1. The van der Waals surface area contributed by atoms with Gasteiger partial charge in [0.25, 0.3) is 5.91 Å². The Labute approximate surface area is 238 Å². The van der Waals surface area contributed by atoms with E-state index in [1.807, 2.05) is 55.7 Å². The number of nitrogens with zero attached hydrogens (tertiary/aromatic N) is 5. The second-order valence-corrected chi connectivity index (χ2v) is 10.6. The van der Waals surface area contributed by atoms with Crippen LogP contribution in [0.4, 0.5) is 4.39 Å². The Kier molecular flexibility index (Phi) is 7.86. The van der Waals surface area contributed by atoms with Gasteiger partial charge in [-0.2, -0.15) is 5.10 Å². The molecule has 6 rings (SSSR count). The molecule has 1 amide bonds. The van der Waals surface area contributed by atoms with Gasteiger partial charge in [-0.05, 0) is 53.8 Å². The maximum absolute atomic E-state index is 14.5. The first-order valence-electron chi connectivity index (χ1n) is 14.1. The molecule has 3 aromatic heterocycles. The number of aromatic nitrogens is 5. The van der Waals surface area contributed by atoms with Crippen molar-refractivity contribution in [3.05, 3.63) is 102 Å². The normalized spacial score (nSPS) is 13.7. The third-order valence-corrected chi connectivity index (χ3v) is 7.64. The molecule has 1 N–H and O–H groups in total. The van der Waals surface area contributed by atoms with Crippen molar-refractivity contribution in [2.45, 2.75) is 51.3 Å². The van der Waals surface area contributed by atoms with Gasteiger partial charge in [-0.25, -0.2) is 14.4 Å². The van der Waals surface area contributed by atoms with Crippen LogP contribution < -0.4 is 5.32 Å². The van der Waals surface area contributed by atoms with E-state index in [2.05, 4.69) is 20.0 Å². The van der Waals surface area contributed by atoms with Crippen LogP contribution in [0.3, 0.4) is 0 Å². The van der Waals surface area contributed by atoms with E-state index in [9.17, 15) is 9.18 Å². The molecular weight excluding hydrogens is 519 g/mol. The van der Waals surface area contributed by atoms with Gasteiger partial charge in [0.05, 0.1) is 24.9 Å².